The number of H-pyrrole nitrogens is 1. The number of aryl methyl sites for hydroxylation is 1. The summed E-state index contributed by atoms with van der Waals surface area (Å²) >= 11 is 3.16. The summed E-state index contributed by atoms with van der Waals surface area (Å²) in [5.74, 6) is 0.718. The first-order valence-electron chi connectivity index (χ1n) is 6.95. The van der Waals surface area contributed by atoms with Crippen LogP contribution in [0.15, 0.2) is 33.9 Å². The number of hydrogen-bond donors (Lipinski definition) is 2. The van der Waals surface area contributed by atoms with Crippen LogP contribution in [0.2, 0.25) is 0 Å². The standard InChI is InChI=1S/C14H16BrN5O2.ClH/c1-19-4-3-17-12(19)11-8-16-2-5-20(11)14(22)9-6-10(15)13(21)18-7-9;/h3-4,6-7,11,16H,2,5,8H2,1H3,(H,18,21);1H. The fourth-order valence-corrected chi connectivity index (χ4v) is 2.98. The molecule has 2 N–H and O–H groups in total. The van der Waals surface area contributed by atoms with Gasteiger partial charge in [0, 0.05) is 45.3 Å². The van der Waals surface area contributed by atoms with Gasteiger partial charge in [-0.15, -0.1) is 12.4 Å². The van der Waals surface area contributed by atoms with Crippen molar-refractivity contribution in [2.45, 2.75) is 6.04 Å². The highest BCUT2D eigenvalue weighted by atomic mass is 79.9. The molecule has 0 bridgehead atoms. The maximum atomic E-state index is 12.8. The van der Waals surface area contributed by atoms with Crippen molar-refractivity contribution in [3.05, 3.63) is 50.9 Å². The van der Waals surface area contributed by atoms with Crippen molar-refractivity contribution < 1.29 is 4.79 Å². The van der Waals surface area contributed by atoms with Gasteiger partial charge in [-0.1, -0.05) is 0 Å². The molecule has 1 amide bonds. The fourth-order valence-electron chi connectivity index (χ4n) is 2.62. The molecule has 0 aromatic carbocycles. The molecule has 7 nitrogen and oxygen atoms in total. The number of imidazole rings is 1. The van der Waals surface area contributed by atoms with E-state index in [0.717, 1.165) is 12.4 Å². The van der Waals surface area contributed by atoms with Gasteiger partial charge >= 0.3 is 0 Å². The van der Waals surface area contributed by atoms with Crippen molar-refractivity contribution >= 4 is 34.2 Å². The van der Waals surface area contributed by atoms with E-state index in [1.807, 2.05) is 17.8 Å². The van der Waals surface area contributed by atoms with E-state index in [2.05, 4.69) is 31.2 Å². The summed E-state index contributed by atoms with van der Waals surface area (Å²) in [5.41, 5.74) is 0.199. The molecule has 23 heavy (non-hydrogen) atoms. The van der Waals surface area contributed by atoms with E-state index >= 15 is 0 Å². The number of piperazine rings is 1. The quantitative estimate of drug-likeness (QED) is 0.787. The zero-order valence-corrected chi connectivity index (χ0v) is 14.9. The zero-order chi connectivity index (χ0) is 15.7. The van der Waals surface area contributed by atoms with Gasteiger partial charge < -0.3 is 19.8 Å². The normalized spacial score (nSPS) is 17.7. The van der Waals surface area contributed by atoms with Crippen LogP contribution >= 0.6 is 28.3 Å². The van der Waals surface area contributed by atoms with Crippen LogP contribution < -0.4 is 10.9 Å². The number of aromatic nitrogens is 3. The Morgan fingerprint density at radius 2 is 2.26 bits per heavy atom. The third-order valence-electron chi connectivity index (χ3n) is 3.77. The van der Waals surface area contributed by atoms with Gasteiger partial charge in [0.25, 0.3) is 11.5 Å². The zero-order valence-electron chi connectivity index (χ0n) is 12.5. The van der Waals surface area contributed by atoms with Crippen LogP contribution in [-0.2, 0) is 7.05 Å². The van der Waals surface area contributed by atoms with Gasteiger partial charge in [-0.2, -0.15) is 0 Å². The van der Waals surface area contributed by atoms with E-state index in [9.17, 15) is 9.59 Å². The molecule has 3 heterocycles. The van der Waals surface area contributed by atoms with Gasteiger partial charge in [0.05, 0.1) is 10.0 Å². The first kappa shape index (κ1) is 17.7. The van der Waals surface area contributed by atoms with E-state index < -0.39 is 0 Å². The lowest BCUT2D eigenvalue weighted by Crippen LogP contribution is -2.49. The van der Waals surface area contributed by atoms with E-state index in [4.69, 9.17) is 0 Å². The third kappa shape index (κ3) is 3.49. The molecule has 9 heteroatoms. The number of aromatic amines is 1. The summed E-state index contributed by atoms with van der Waals surface area (Å²) in [4.78, 5) is 32.9. The van der Waals surface area contributed by atoms with Crippen molar-refractivity contribution in [2.24, 2.45) is 7.05 Å². The topological polar surface area (TPSA) is 83.0 Å². The van der Waals surface area contributed by atoms with Crippen molar-refractivity contribution in [3.8, 4) is 0 Å². The monoisotopic (exact) mass is 401 g/mol. The number of halogens is 2. The Bertz CT molecular complexity index is 760. The van der Waals surface area contributed by atoms with Crippen LogP contribution in [0.25, 0.3) is 0 Å². The highest BCUT2D eigenvalue weighted by Gasteiger charge is 2.31. The minimum absolute atomic E-state index is 0. The lowest BCUT2D eigenvalue weighted by molar-refractivity contribution is 0.0620. The Morgan fingerprint density at radius 3 is 2.91 bits per heavy atom. The first-order valence-corrected chi connectivity index (χ1v) is 7.74. The minimum Gasteiger partial charge on any atom is -0.336 e. The highest BCUT2D eigenvalue weighted by Crippen LogP contribution is 2.22. The first-order chi connectivity index (χ1) is 10.6. The summed E-state index contributed by atoms with van der Waals surface area (Å²) in [6.45, 7) is 1.98. The largest absolute Gasteiger partial charge is 0.336 e. The molecule has 0 aliphatic carbocycles. The highest BCUT2D eigenvalue weighted by molar-refractivity contribution is 9.10. The molecule has 0 radical (unpaired) electrons. The number of carbonyl (C=O) groups is 1. The molecule has 1 aliphatic heterocycles. The van der Waals surface area contributed by atoms with Crippen molar-refractivity contribution in [1.29, 1.82) is 0 Å². The summed E-state index contributed by atoms with van der Waals surface area (Å²) in [6, 6.07) is 1.42. The number of nitrogens with zero attached hydrogens (tertiary/aromatic N) is 3. The second-order valence-corrected chi connectivity index (χ2v) is 6.03. The summed E-state index contributed by atoms with van der Waals surface area (Å²) < 4.78 is 2.27. The van der Waals surface area contributed by atoms with Crippen molar-refractivity contribution in [2.75, 3.05) is 19.6 Å². The summed E-state index contributed by atoms with van der Waals surface area (Å²) in [5, 5.41) is 3.29. The Balaban J connectivity index is 0.00000192. The van der Waals surface area contributed by atoms with Gasteiger partial charge in [-0.05, 0) is 22.0 Å². The number of pyridine rings is 1. The van der Waals surface area contributed by atoms with E-state index in [0.29, 0.717) is 23.1 Å². The Hall–Kier alpha value is -1.64. The molecule has 3 rings (SSSR count). The van der Waals surface area contributed by atoms with Gasteiger partial charge in [0.1, 0.15) is 11.9 Å². The van der Waals surface area contributed by atoms with E-state index in [-0.39, 0.29) is 29.9 Å². The molecule has 0 saturated carbocycles. The molecule has 124 valence electrons. The minimum atomic E-state index is -0.252. The average Bonchev–Trinajstić information content (AvgIpc) is 2.95. The summed E-state index contributed by atoms with van der Waals surface area (Å²) in [7, 11) is 1.91. The molecule has 1 aliphatic rings. The maximum absolute atomic E-state index is 12.8. The van der Waals surface area contributed by atoms with Gasteiger partial charge in [-0.3, -0.25) is 9.59 Å². The van der Waals surface area contributed by atoms with Crippen molar-refractivity contribution in [3.63, 3.8) is 0 Å². The predicted octanol–water partition coefficient (Wildman–Crippen LogP) is 1.08. The number of nitrogens with one attached hydrogen (secondary N) is 2. The third-order valence-corrected chi connectivity index (χ3v) is 4.35. The molecule has 1 unspecified atom stereocenters. The number of carbonyl (C=O) groups excluding carboxylic acids is 1. The Morgan fingerprint density at radius 1 is 1.48 bits per heavy atom. The van der Waals surface area contributed by atoms with Crippen molar-refractivity contribution in [1.82, 2.24) is 24.8 Å². The molecule has 2 aromatic rings. The molecule has 1 atom stereocenters. The molecular formula is C14H17BrClN5O2. The second-order valence-electron chi connectivity index (χ2n) is 5.18. The lowest BCUT2D eigenvalue weighted by atomic mass is 10.1. The van der Waals surface area contributed by atoms with E-state index in [1.54, 1.807) is 17.2 Å². The fraction of sp³-hybridized carbons (Fsp3) is 0.357. The SMILES string of the molecule is Cl.Cn1ccnc1C1CNCCN1C(=O)c1c[nH]c(=O)c(Br)c1. The second kappa shape index (κ2) is 7.29. The molecular weight excluding hydrogens is 386 g/mol. The number of rotatable bonds is 2. The van der Waals surface area contributed by atoms with Gasteiger partial charge in [0.15, 0.2) is 0 Å². The van der Waals surface area contributed by atoms with E-state index in [1.165, 1.54) is 6.20 Å². The Labute approximate surface area is 147 Å². The summed E-state index contributed by atoms with van der Waals surface area (Å²) in [6.07, 6.45) is 5.04. The predicted molar refractivity (Wildman–Crippen MR) is 91.9 cm³/mol. The number of amides is 1. The molecule has 0 spiro atoms. The molecule has 1 fully saturated rings. The van der Waals surface area contributed by atoms with Crippen LogP contribution in [0.1, 0.15) is 22.2 Å². The smallest absolute Gasteiger partial charge is 0.262 e. The van der Waals surface area contributed by atoms with Crippen LogP contribution in [0, 0.1) is 0 Å². The average molecular weight is 403 g/mol. The van der Waals surface area contributed by atoms with Crippen LogP contribution in [-0.4, -0.2) is 45.0 Å². The van der Waals surface area contributed by atoms with Crippen LogP contribution in [0.5, 0.6) is 0 Å². The number of hydrogen-bond acceptors (Lipinski definition) is 4. The maximum Gasteiger partial charge on any atom is 0.262 e. The van der Waals surface area contributed by atoms with Crippen LogP contribution in [0.4, 0.5) is 0 Å². The lowest BCUT2D eigenvalue weighted by Gasteiger charge is -2.35. The molecule has 1 saturated heterocycles. The van der Waals surface area contributed by atoms with Gasteiger partial charge in [-0.25, -0.2) is 4.98 Å². The Kier molecular flexibility index (Phi) is 5.61. The van der Waals surface area contributed by atoms with Crippen LogP contribution in [0.3, 0.4) is 0 Å². The molecule has 2 aromatic heterocycles. The van der Waals surface area contributed by atoms with Gasteiger partial charge in [0.2, 0.25) is 0 Å².